The highest BCUT2D eigenvalue weighted by Crippen LogP contribution is 2.36. The fourth-order valence-corrected chi connectivity index (χ4v) is 5.32. The van der Waals surface area contributed by atoms with E-state index in [1.54, 1.807) is 12.1 Å². The van der Waals surface area contributed by atoms with Crippen molar-refractivity contribution in [1.29, 1.82) is 0 Å². The van der Waals surface area contributed by atoms with Gasteiger partial charge in [-0.2, -0.15) is 0 Å². The molecule has 2 aliphatic heterocycles. The number of nitrogens with zero attached hydrogens (tertiary/aromatic N) is 3. The first-order valence-electron chi connectivity index (χ1n) is 12.2. The van der Waals surface area contributed by atoms with Gasteiger partial charge in [0.15, 0.2) is 5.78 Å². The Morgan fingerprint density at radius 2 is 1.57 bits per heavy atom. The maximum absolute atomic E-state index is 13.0. The number of benzene rings is 3. The van der Waals surface area contributed by atoms with E-state index in [-0.39, 0.29) is 34.3 Å². The lowest BCUT2D eigenvalue weighted by Gasteiger charge is -2.41. The van der Waals surface area contributed by atoms with Crippen LogP contribution in [0.25, 0.3) is 0 Å². The molecule has 0 aromatic heterocycles. The van der Waals surface area contributed by atoms with Gasteiger partial charge in [0.1, 0.15) is 5.69 Å². The number of carboxylic acids is 1. The number of anilines is 2. The minimum absolute atomic E-state index is 0.0117. The van der Waals surface area contributed by atoms with E-state index in [0.29, 0.717) is 38.0 Å². The molecule has 0 saturated carbocycles. The number of amides is 1. The second kappa shape index (κ2) is 9.85. The third kappa shape index (κ3) is 4.55. The molecule has 1 amide bonds. The molecule has 0 bridgehead atoms. The summed E-state index contributed by atoms with van der Waals surface area (Å²) in [7, 11) is 0. The molecule has 0 spiro atoms. The minimum Gasteiger partial charge on any atom is -0.478 e. The molecule has 5 rings (SSSR count). The Bertz CT molecular complexity index is 1410. The number of ketones is 1. The van der Waals surface area contributed by atoms with Gasteiger partial charge < -0.3 is 14.9 Å². The molecule has 1 fully saturated rings. The van der Waals surface area contributed by atoms with Crippen LogP contribution in [0.15, 0.2) is 66.7 Å². The monoisotopic (exact) mass is 499 g/mol. The highest BCUT2D eigenvalue weighted by atomic mass is 16.6. The summed E-state index contributed by atoms with van der Waals surface area (Å²) in [5.41, 5.74) is 2.17. The first-order chi connectivity index (χ1) is 17.8. The van der Waals surface area contributed by atoms with E-state index < -0.39 is 16.7 Å². The van der Waals surface area contributed by atoms with E-state index in [1.807, 2.05) is 34.1 Å². The van der Waals surface area contributed by atoms with Gasteiger partial charge in [-0.3, -0.25) is 19.7 Å². The van der Waals surface area contributed by atoms with Crippen LogP contribution in [0.5, 0.6) is 0 Å². The molecule has 9 heteroatoms. The maximum Gasteiger partial charge on any atom is 0.336 e. The topological polar surface area (TPSA) is 121 Å². The van der Waals surface area contributed by atoms with Gasteiger partial charge in [0, 0.05) is 48.4 Å². The molecule has 1 saturated heterocycles. The number of fused-ring (bicyclic) bond motifs is 1. The number of nitro benzene ring substituents is 1. The Morgan fingerprint density at radius 3 is 2.27 bits per heavy atom. The summed E-state index contributed by atoms with van der Waals surface area (Å²) in [5.74, 6) is -1.73. The first kappa shape index (κ1) is 24.2. The lowest BCUT2D eigenvalue weighted by atomic mass is 9.94. The smallest absolute Gasteiger partial charge is 0.336 e. The quantitative estimate of drug-likeness (QED) is 0.302. The Labute approximate surface area is 213 Å². The number of carbonyl (C=O) groups is 3. The molecular weight excluding hydrogens is 474 g/mol. The van der Waals surface area contributed by atoms with Crippen molar-refractivity contribution in [2.45, 2.75) is 31.7 Å². The van der Waals surface area contributed by atoms with Crippen LogP contribution in [0.2, 0.25) is 0 Å². The van der Waals surface area contributed by atoms with Gasteiger partial charge >= 0.3 is 5.97 Å². The van der Waals surface area contributed by atoms with Gasteiger partial charge in [-0.25, -0.2) is 4.79 Å². The van der Waals surface area contributed by atoms with Crippen molar-refractivity contribution in [3.63, 3.8) is 0 Å². The van der Waals surface area contributed by atoms with E-state index in [1.165, 1.54) is 30.3 Å². The van der Waals surface area contributed by atoms with Gasteiger partial charge in [0.25, 0.3) is 5.69 Å². The number of carboxylic acid groups (broad SMARTS) is 1. The fraction of sp³-hybridized carbons (Fsp3) is 0.250. The van der Waals surface area contributed by atoms with Gasteiger partial charge in [-0.15, -0.1) is 0 Å². The summed E-state index contributed by atoms with van der Waals surface area (Å²) >= 11 is 0. The van der Waals surface area contributed by atoms with Crippen molar-refractivity contribution in [3.05, 3.63) is 99.1 Å². The zero-order valence-electron chi connectivity index (χ0n) is 20.0. The standard InChI is InChI=1S/C28H25N3O6/c32-26-12-10-18-5-1-4-8-23(18)30(26)20-13-15-29(16-14-20)24-11-9-19(17-25(24)31(36)37)27(33)21-6-2-3-7-22(21)28(34)35/h1-9,11,17,20H,10,12-16H2,(H,34,35). The largest absolute Gasteiger partial charge is 0.478 e. The molecular formula is C28H25N3O6. The number of piperidine rings is 1. The SMILES string of the molecule is O=C(O)c1ccccc1C(=O)c1ccc(N2CCC(N3C(=O)CCc4ccccc43)CC2)c([N+](=O)[O-])c1. The summed E-state index contributed by atoms with van der Waals surface area (Å²) in [6.45, 7) is 1.04. The van der Waals surface area contributed by atoms with E-state index >= 15 is 0 Å². The zero-order valence-corrected chi connectivity index (χ0v) is 20.0. The molecule has 3 aromatic rings. The molecule has 37 heavy (non-hydrogen) atoms. The molecule has 1 N–H and O–H groups in total. The molecule has 0 atom stereocenters. The molecule has 2 heterocycles. The van der Waals surface area contributed by atoms with Gasteiger partial charge in [0.05, 0.1) is 10.5 Å². The van der Waals surface area contributed by atoms with Crippen LogP contribution in [0.3, 0.4) is 0 Å². The predicted molar refractivity (Wildman–Crippen MR) is 137 cm³/mol. The number of aryl methyl sites for hydroxylation is 1. The van der Waals surface area contributed by atoms with Crippen molar-refractivity contribution in [3.8, 4) is 0 Å². The van der Waals surface area contributed by atoms with Crippen LogP contribution in [-0.2, 0) is 11.2 Å². The van der Waals surface area contributed by atoms with Crippen molar-refractivity contribution in [2.24, 2.45) is 0 Å². The van der Waals surface area contributed by atoms with Crippen LogP contribution < -0.4 is 9.80 Å². The highest BCUT2D eigenvalue weighted by molar-refractivity contribution is 6.14. The molecule has 0 aliphatic carbocycles. The van der Waals surface area contributed by atoms with E-state index in [9.17, 15) is 29.6 Å². The van der Waals surface area contributed by atoms with Gasteiger partial charge in [-0.05, 0) is 49.1 Å². The Hall–Kier alpha value is -4.53. The van der Waals surface area contributed by atoms with Gasteiger partial charge in [0.2, 0.25) is 5.91 Å². The summed E-state index contributed by atoms with van der Waals surface area (Å²) < 4.78 is 0. The molecule has 9 nitrogen and oxygen atoms in total. The van der Waals surface area contributed by atoms with E-state index in [4.69, 9.17) is 0 Å². The van der Waals surface area contributed by atoms with Crippen LogP contribution in [0.4, 0.5) is 17.1 Å². The van der Waals surface area contributed by atoms with Gasteiger partial charge in [-0.1, -0.05) is 36.4 Å². The maximum atomic E-state index is 13.0. The van der Waals surface area contributed by atoms with Crippen LogP contribution in [-0.4, -0.2) is 46.8 Å². The number of hydrogen-bond donors (Lipinski definition) is 1. The van der Waals surface area contributed by atoms with Crippen molar-refractivity contribution < 1.29 is 24.4 Å². The third-order valence-electron chi connectivity index (χ3n) is 7.13. The number of para-hydroxylation sites is 1. The molecule has 0 radical (unpaired) electrons. The molecule has 0 unspecified atom stereocenters. The average Bonchev–Trinajstić information content (AvgIpc) is 2.92. The van der Waals surface area contributed by atoms with E-state index in [0.717, 1.165) is 17.7 Å². The number of aromatic carboxylic acids is 1. The highest BCUT2D eigenvalue weighted by Gasteiger charge is 2.34. The fourth-order valence-electron chi connectivity index (χ4n) is 5.32. The first-order valence-corrected chi connectivity index (χ1v) is 12.2. The third-order valence-corrected chi connectivity index (χ3v) is 7.13. The number of carbonyl (C=O) groups excluding carboxylic acids is 2. The second-order valence-electron chi connectivity index (χ2n) is 9.25. The Morgan fingerprint density at radius 1 is 0.892 bits per heavy atom. The van der Waals surface area contributed by atoms with Crippen LogP contribution in [0, 0.1) is 10.1 Å². The lowest BCUT2D eigenvalue weighted by Crippen LogP contribution is -2.49. The summed E-state index contributed by atoms with van der Waals surface area (Å²) in [6.07, 6.45) is 2.52. The number of hydrogen-bond acceptors (Lipinski definition) is 6. The summed E-state index contributed by atoms with van der Waals surface area (Å²) in [5, 5.41) is 21.4. The van der Waals surface area contributed by atoms with Crippen molar-refractivity contribution in [2.75, 3.05) is 22.9 Å². The summed E-state index contributed by atoms with van der Waals surface area (Å²) in [4.78, 5) is 52.6. The Balaban J connectivity index is 1.37. The van der Waals surface area contributed by atoms with Crippen molar-refractivity contribution >= 4 is 34.7 Å². The summed E-state index contributed by atoms with van der Waals surface area (Å²) in [6, 6.07) is 18.0. The predicted octanol–water partition coefficient (Wildman–Crippen LogP) is 4.47. The zero-order chi connectivity index (χ0) is 26.1. The molecule has 3 aromatic carbocycles. The second-order valence-corrected chi connectivity index (χ2v) is 9.25. The molecule has 188 valence electrons. The van der Waals surface area contributed by atoms with Crippen molar-refractivity contribution in [1.82, 2.24) is 0 Å². The molecule has 2 aliphatic rings. The lowest BCUT2D eigenvalue weighted by molar-refractivity contribution is -0.384. The normalized spacial score (nSPS) is 15.8. The number of nitro groups is 1. The van der Waals surface area contributed by atoms with Crippen LogP contribution in [0.1, 0.15) is 51.1 Å². The Kier molecular flexibility index (Phi) is 6.43. The number of rotatable bonds is 6. The average molecular weight is 500 g/mol. The van der Waals surface area contributed by atoms with Crippen LogP contribution >= 0.6 is 0 Å². The van der Waals surface area contributed by atoms with E-state index in [2.05, 4.69) is 0 Å². The minimum atomic E-state index is -1.24.